The Bertz CT molecular complexity index is 1690. The minimum atomic E-state index is -1.52. The number of nitrogens with zero attached hydrogens (tertiary/aromatic N) is 5. The van der Waals surface area contributed by atoms with Crippen LogP contribution in [0.3, 0.4) is 0 Å². The van der Waals surface area contributed by atoms with Gasteiger partial charge in [0.15, 0.2) is 0 Å². The van der Waals surface area contributed by atoms with E-state index in [1.807, 2.05) is 54.6 Å². The lowest BCUT2D eigenvalue weighted by Crippen LogP contribution is -2.55. The molecule has 14 heteroatoms. The first kappa shape index (κ1) is 42.9. The fourth-order valence-electron chi connectivity index (χ4n) is 6.58. The van der Waals surface area contributed by atoms with Gasteiger partial charge in [-0.3, -0.25) is 19.4 Å². The molecule has 2 amide bonds. The van der Waals surface area contributed by atoms with Crippen molar-refractivity contribution in [1.29, 1.82) is 0 Å². The molecule has 0 spiro atoms. The molecule has 1 aromatic heterocycles. The summed E-state index contributed by atoms with van der Waals surface area (Å²) >= 11 is 6.28. The number of benzene rings is 2. The van der Waals surface area contributed by atoms with Gasteiger partial charge in [0.05, 0.1) is 6.20 Å². The second-order valence-electron chi connectivity index (χ2n) is 13.6. The summed E-state index contributed by atoms with van der Waals surface area (Å²) in [6, 6.07) is 14.0. The van der Waals surface area contributed by atoms with Gasteiger partial charge in [0.25, 0.3) is 6.47 Å². The number of likely N-dealkylation sites (N-methyl/N-ethyl adjacent to an activating group) is 1. The van der Waals surface area contributed by atoms with E-state index < -0.39 is 16.5 Å². The highest BCUT2D eigenvalue weighted by molar-refractivity contribution is 7.86. The second kappa shape index (κ2) is 21.3. The molecule has 1 aliphatic carbocycles. The number of rotatable bonds is 12. The van der Waals surface area contributed by atoms with Crippen molar-refractivity contribution in [2.24, 2.45) is 10.9 Å². The monoisotopic (exact) mass is 765 g/mol. The highest BCUT2D eigenvalue weighted by Gasteiger charge is 2.42. The number of hydrogen-bond donors (Lipinski definition) is 3. The molecule has 53 heavy (non-hydrogen) atoms. The van der Waals surface area contributed by atoms with Crippen LogP contribution in [0.2, 0.25) is 5.02 Å². The molecule has 3 unspecified atom stereocenters. The first-order valence-electron chi connectivity index (χ1n) is 17.7. The number of carboxylic acid groups (broad SMARTS) is 1. The van der Waals surface area contributed by atoms with Crippen LogP contribution in [-0.4, -0.2) is 85.2 Å². The molecule has 1 saturated carbocycles. The van der Waals surface area contributed by atoms with Gasteiger partial charge in [0.1, 0.15) is 27.9 Å². The van der Waals surface area contributed by atoms with Crippen LogP contribution in [0.4, 0.5) is 5.69 Å². The minimum absolute atomic E-state index is 0.159. The molecule has 2 fully saturated rings. The molecule has 3 aromatic rings. The summed E-state index contributed by atoms with van der Waals surface area (Å²) in [6.07, 6.45) is 14.6. The number of hydrogen-bond acceptors (Lipinski definition) is 8. The molecule has 2 aliphatic rings. The highest BCUT2D eigenvalue weighted by Crippen LogP contribution is 2.32. The first-order valence-corrected chi connectivity index (χ1v) is 19.2. The average Bonchev–Trinajstić information content (AvgIpc) is 3.57. The SMILES string of the molecule is C=N/C=C(\N(C)[C@](C)(Cc1ccc(-c2cncnc2)cc1)C(=O)Nc1cc(C)cc(Cl)c1)S(=O)N1CCCC1C.C[C@H]1CCCCC1NC=O.O=CO. The van der Waals surface area contributed by atoms with Crippen LogP contribution in [0.15, 0.2) is 77.4 Å². The van der Waals surface area contributed by atoms with Crippen LogP contribution in [-0.2, 0) is 31.8 Å². The van der Waals surface area contributed by atoms with E-state index in [0.29, 0.717) is 40.7 Å². The van der Waals surface area contributed by atoms with Gasteiger partial charge in [-0.15, -0.1) is 0 Å². The van der Waals surface area contributed by atoms with Crippen LogP contribution in [0.5, 0.6) is 0 Å². The number of aromatic nitrogens is 2. The molecule has 1 saturated heterocycles. The predicted octanol–water partition coefficient (Wildman–Crippen LogP) is 6.64. The maximum absolute atomic E-state index is 14.1. The van der Waals surface area contributed by atoms with Crippen molar-refractivity contribution in [1.82, 2.24) is 24.5 Å². The van der Waals surface area contributed by atoms with Gasteiger partial charge in [-0.1, -0.05) is 55.6 Å². The van der Waals surface area contributed by atoms with Crippen molar-refractivity contribution < 1.29 is 23.7 Å². The Labute approximate surface area is 320 Å². The Balaban J connectivity index is 0.000000492. The normalized spacial score (nSPS) is 20.2. The van der Waals surface area contributed by atoms with Crippen LogP contribution >= 0.6 is 11.6 Å². The maximum Gasteiger partial charge on any atom is 0.290 e. The molecule has 5 rings (SSSR count). The minimum Gasteiger partial charge on any atom is -0.483 e. The van der Waals surface area contributed by atoms with Gasteiger partial charge in [-0.25, -0.2) is 18.5 Å². The van der Waals surface area contributed by atoms with Crippen molar-refractivity contribution in [3.63, 3.8) is 0 Å². The van der Waals surface area contributed by atoms with Crippen molar-refractivity contribution in [2.75, 3.05) is 18.9 Å². The van der Waals surface area contributed by atoms with E-state index in [-0.39, 0.29) is 18.4 Å². The first-order chi connectivity index (χ1) is 25.4. The smallest absolute Gasteiger partial charge is 0.290 e. The van der Waals surface area contributed by atoms with E-state index in [4.69, 9.17) is 21.5 Å². The molecule has 12 nitrogen and oxygen atoms in total. The number of halogens is 1. The number of nitrogens with one attached hydrogen (secondary N) is 2. The average molecular weight is 766 g/mol. The fourth-order valence-corrected chi connectivity index (χ4v) is 8.44. The molecule has 0 radical (unpaired) electrons. The molecule has 1 aliphatic heterocycles. The summed E-state index contributed by atoms with van der Waals surface area (Å²) in [5, 5.41) is 13.7. The third kappa shape index (κ3) is 12.3. The zero-order valence-corrected chi connectivity index (χ0v) is 32.8. The molecular formula is C39H52ClN7O5S. The summed E-state index contributed by atoms with van der Waals surface area (Å²) in [5.74, 6) is 0.414. The van der Waals surface area contributed by atoms with Crippen LogP contribution in [0.25, 0.3) is 11.1 Å². The van der Waals surface area contributed by atoms with E-state index in [1.54, 1.807) is 30.4 Å². The summed E-state index contributed by atoms with van der Waals surface area (Å²) in [5.41, 5.74) is 3.18. The van der Waals surface area contributed by atoms with Crippen molar-refractivity contribution in [2.45, 2.75) is 90.3 Å². The fraction of sp³-hybridized carbons (Fsp3) is 0.436. The van der Waals surface area contributed by atoms with E-state index in [2.05, 4.69) is 46.2 Å². The lowest BCUT2D eigenvalue weighted by molar-refractivity contribution is -0.125. The molecule has 2 heterocycles. The van der Waals surface area contributed by atoms with E-state index in [0.717, 1.165) is 41.5 Å². The third-order valence-electron chi connectivity index (χ3n) is 9.74. The molecular weight excluding hydrogens is 714 g/mol. The number of aryl methyl sites for hydroxylation is 1. The lowest BCUT2D eigenvalue weighted by atomic mass is 9.86. The van der Waals surface area contributed by atoms with Crippen molar-refractivity contribution >= 4 is 53.8 Å². The van der Waals surface area contributed by atoms with Gasteiger partial charge in [0, 0.05) is 60.8 Å². The van der Waals surface area contributed by atoms with Crippen molar-refractivity contribution in [3.8, 4) is 11.1 Å². The quantitative estimate of drug-likeness (QED) is 0.137. The molecule has 286 valence electrons. The summed E-state index contributed by atoms with van der Waals surface area (Å²) < 4.78 is 15.8. The number of carbonyl (C=O) groups is 3. The van der Waals surface area contributed by atoms with Gasteiger partial charge in [-0.05, 0) is 94.0 Å². The topological polar surface area (TPSA) is 157 Å². The number of carbonyl (C=O) groups excluding carboxylic acids is 2. The highest BCUT2D eigenvalue weighted by atomic mass is 35.5. The van der Waals surface area contributed by atoms with Crippen LogP contribution in [0.1, 0.15) is 70.4 Å². The Hall–Kier alpha value is -4.46. The lowest BCUT2D eigenvalue weighted by Gasteiger charge is -2.41. The van der Waals surface area contributed by atoms with Gasteiger partial charge >= 0.3 is 0 Å². The van der Waals surface area contributed by atoms with Gasteiger partial charge < -0.3 is 20.6 Å². The Morgan fingerprint density at radius 3 is 2.32 bits per heavy atom. The second-order valence-corrected chi connectivity index (χ2v) is 15.4. The zero-order chi connectivity index (χ0) is 39.0. The number of anilines is 1. The Kier molecular flexibility index (Phi) is 17.3. The number of amides is 2. The summed E-state index contributed by atoms with van der Waals surface area (Å²) in [4.78, 5) is 46.5. The molecule has 2 aromatic carbocycles. The van der Waals surface area contributed by atoms with Crippen LogP contribution < -0.4 is 10.6 Å². The van der Waals surface area contributed by atoms with Gasteiger partial charge in [0.2, 0.25) is 12.3 Å². The molecule has 3 N–H and O–H groups in total. The van der Waals surface area contributed by atoms with E-state index >= 15 is 0 Å². The van der Waals surface area contributed by atoms with Crippen molar-refractivity contribution in [3.05, 3.63) is 88.6 Å². The Morgan fingerprint density at radius 1 is 1.09 bits per heavy atom. The van der Waals surface area contributed by atoms with E-state index in [9.17, 15) is 13.8 Å². The third-order valence-corrected chi connectivity index (χ3v) is 11.7. The van der Waals surface area contributed by atoms with E-state index in [1.165, 1.54) is 38.2 Å². The standard InChI is InChI=1S/C30H35ClN6O2S.C8H15NO.CH2O2/c1-21-13-26(31)15-27(14-21)35-29(38)30(3,16-23-8-10-24(11-9-23)25-17-33-20-34-18-25)36(5)28(19-32-4)40(39)37-12-6-7-22(37)2;1-7-4-2-3-5-8(7)9-6-10;2-1-3/h8-11,13-15,17-20,22H,4,6-7,12,16H2,1-3,5H3,(H,35,38);6-8H,2-5H2,1H3,(H,9,10);1H,(H,2,3)/b28-19+;;/t22?,30-,40?;7-,8?;/m10./s1. The molecule has 5 atom stereocenters. The summed E-state index contributed by atoms with van der Waals surface area (Å²) in [6.45, 7) is 12.1. The molecule has 0 bridgehead atoms. The van der Waals surface area contributed by atoms with Crippen LogP contribution in [0, 0.1) is 12.8 Å². The largest absolute Gasteiger partial charge is 0.483 e. The maximum atomic E-state index is 14.1. The zero-order valence-electron chi connectivity index (χ0n) is 31.2. The van der Waals surface area contributed by atoms with Gasteiger partial charge in [-0.2, -0.15) is 0 Å². The summed E-state index contributed by atoms with van der Waals surface area (Å²) in [7, 11) is 0.261. The Morgan fingerprint density at radius 2 is 1.75 bits per heavy atom. The number of aliphatic imine (C=N–C) groups is 1. The predicted molar refractivity (Wildman–Crippen MR) is 213 cm³/mol.